The molecule has 1 fully saturated rings. The molecule has 0 aromatic carbocycles. The van der Waals surface area contributed by atoms with Gasteiger partial charge in [0, 0.05) is 57.2 Å². The van der Waals surface area contributed by atoms with Crippen LogP contribution in [0.3, 0.4) is 0 Å². The van der Waals surface area contributed by atoms with Crippen LogP contribution in [0.15, 0.2) is 30.5 Å². The summed E-state index contributed by atoms with van der Waals surface area (Å²) in [6.07, 6.45) is 5.16. The lowest BCUT2D eigenvalue weighted by atomic mass is 10.0. The molecule has 3 rings (SSSR count). The van der Waals surface area contributed by atoms with Gasteiger partial charge in [-0.25, -0.2) is 4.98 Å². The molecule has 6 heteroatoms. The molecule has 0 unspecified atom stereocenters. The molecule has 1 aliphatic rings. The number of anilines is 1. The first-order valence-electron chi connectivity index (χ1n) is 8.96. The maximum atomic E-state index is 12.6. The Morgan fingerprint density at radius 2 is 2.20 bits per heavy atom. The van der Waals surface area contributed by atoms with Crippen LogP contribution in [0.4, 0.5) is 5.82 Å². The maximum Gasteiger partial charge on any atom is 0.223 e. The summed E-state index contributed by atoms with van der Waals surface area (Å²) < 4.78 is 1.83. The number of likely N-dealkylation sites (N-methyl/N-ethyl adjacent to an activating group) is 1. The lowest BCUT2D eigenvalue weighted by molar-refractivity contribution is -0.132. The minimum absolute atomic E-state index is 0.199. The molecule has 1 aliphatic heterocycles. The molecule has 0 bridgehead atoms. The zero-order chi connectivity index (χ0) is 17.8. The molecule has 2 aromatic heterocycles. The van der Waals surface area contributed by atoms with Crippen LogP contribution in [0.2, 0.25) is 0 Å². The Kier molecular flexibility index (Phi) is 5.36. The molecule has 0 radical (unpaired) electrons. The van der Waals surface area contributed by atoms with Gasteiger partial charge in [-0.2, -0.15) is 5.10 Å². The molecule has 2 aromatic rings. The average Bonchev–Trinajstić information content (AvgIpc) is 3.04. The van der Waals surface area contributed by atoms with Crippen LogP contribution in [0.25, 0.3) is 0 Å². The van der Waals surface area contributed by atoms with Gasteiger partial charge in [0.15, 0.2) is 0 Å². The summed E-state index contributed by atoms with van der Waals surface area (Å²) in [7, 11) is 3.85. The molecule has 3 heterocycles. The van der Waals surface area contributed by atoms with E-state index in [2.05, 4.69) is 21.0 Å². The van der Waals surface area contributed by atoms with Crippen molar-refractivity contribution in [2.75, 3.05) is 25.0 Å². The smallest absolute Gasteiger partial charge is 0.223 e. The van der Waals surface area contributed by atoms with Crippen molar-refractivity contribution in [3.8, 4) is 0 Å². The van der Waals surface area contributed by atoms with E-state index in [1.54, 1.807) is 6.20 Å². The third kappa shape index (κ3) is 4.18. The summed E-state index contributed by atoms with van der Waals surface area (Å²) in [4.78, 5) is 21.5. The Bertz CT molecular complexity index is 726. The number of amides is 1. The molecule has 0 spiro atoms. The zero-order valence-corrected chi connectivity index (χ0v) is 15.4. The van der Waals surface area contributed by atoms with Crippen molar-refractivity contribution in [3.05, 3.63) is 41.9 Å². The molecule has 1 amide bonds. The van der Waals surface area contributed by atoms with Crippen molar-refractivity contribution in [2.45, 2.75) is 38.6 Å². The molecular weight excluding hydrogens is 314 g/mol. The number of hydrogen-bond donors (Lipinski definition) is 0. The number of nitrogens with zero attached hydrogens (tertiary/aromatic N) is 5. The minimum Gasteiger partial charge on any atom is -0.355 e. The summed E-state index contributed by atoms with van der Waals surface area (Å²) >= 11 is 0. The van der Waals surface area contributed by atoms with Gasteiger partial charge in [-0.3, -0.25) is 9.48 Å². The van der Waals surface area contributed by atoms with Crippen molar-refractivity contribution < 1.29 is 4.79 Å². The lowest BCUT2D eigenvalue weighted by Gasteiger charge is -2.38. The second-order valence-corrected chi connectivity index (χ2v) is 6.83. The Morgan fingerprint density at radius 3 is 2.92 bits per heavy atom. The van der Waals surface area contributed by atoms with E-state index in [0.29, 0.717) is 6.42 Å². The monoisotopic (exact) mass is 341 g/mol. The maximum absolute atomic E-state index is 12.6. The number of aromatic nitrogens is 3. The van der Waals surface area contributed by atoms with E-state index in [-0.39, 0.29) is 11.9 Å². The second-order valence-electron chi connectivity index (χ2n) is 6.83. The summed E-state index contributed by atoms with van der Waals surface area (Å²) in [5.74, 6) is 1.21. The highest BCUT2D eigenvalue weighted by Crippen LogP contribution is 2.21. The highest BCUT2D eigenvalue weighted by Gasteiger charge is 2.26. The molecular formula is C19H27N5O. The third-order valence-electron chi connectivity index (χ3n) is 5.05. The van der Waals surface area contributed by atoms with Gasteiger partial charge in [-0.05, 0) is 44.4 Å². The predicted molar refractivity (Wildman–Crippen MR) is 98.5 cm³/mol. The molecule has 1 atom stereocenters. The molecule has 25 heavy (non-hydrogen) atoms. The standard InChI is InChI=1S/C19H27N5O/c1-15-6-4-8-18(21-15)24-13-5-7-17(14-24)22(2)19(25)10-9-16-11-12-20-23(16)3/h4,6,8,11-12,17H,5,7,9-10,13-14H2,1-3H3/t17-/m1/s1. The van der Waals surface area contributed by atoms with Crippen LogP contribution in [0.1, 0.15) is 30.7 Å². The van der Waals surface area contributed by atoms with Gasteiger partial charge in [0.05, 0.1) is 0 Å². The summed E-state index contributed by atoms with van der Waals surface area (Å²) in [5.41, 5.74) is 2.12. The quantitative estimate of drug-likeness (QED) is 0.836. The molecule has 0 aliphatic carbocycles. The number of aryl methyl sites for hydroxylation is 3. The summed E-state index contributed by atoms with van der Waals surface area (Å²) in [6.45, 7) is 3.87. The first kappa shape index (κ1) is 17.5. The molecule has 0 N–H and O–H groups in total. The van der Waals surface area contributed by atoms with Crippen LogP contribution >= 0.6 is 0 Å². The van der Waals surface area contributed by atoms with Crippen molar-refractivity contribution >= 4 is 11.7 Å². The summed E-state index contributed by atoms with van der Waals surface area (Å²) in [5, 5.41) is 4.16. The van der Waals surface area contributed by atoms with Gasteiger partial charge >= 0.3 is 0 Å². The second kappa shape index (κ2) is 7.68. The topological polar surface area (TPSA) is 54.3 Å². The normalized spacial score (nSPS) is 17.6. The zero-order valence-electron chi connectivity index (χ0n) is 15.4. The van der Waals surface area contributed by atoms with Crippen molar-refractivity contribution in [1.29, 1.82) is 0 Å². The van der Waals surface area contributed by atoms with Gasteiger partial charge < -0.3 is 9.80 Å². The van der Waals surface area contributed by atoms with Crippen molar-refractivity contribution in [2.24, 2.45) is 7.05 Å². The minimum atomic E-state index is 0.199. The molecule has 6 nitrogen and oxygen atoms in total. The van der Waals surface area contributed by atoms with Gasteiger partial charge in [0.2, 0.25) is 5.91 Å². The van der Waals surface area contributed by atoms with Crippen LogP contribution in [0.5, 0.6) is 0 Å². The van der Waals surface area contributed by atoms with E-state index in [9.17, 15) is 4.79 Å². The van der Waals surface area contributed by atoms with E-state index in [1.807, 2.05) is 48.8 Å². The first-order valence-corrected chi connectivity index (χ1v) is 8.96. The predicted octanol–water partition coefficient (Wildman–Crippen LogP) is 2.18. The van der Waals surface area contributed by atoms with Crippen LogP contribution in [-0.4, -0.2) is 51.8 Å². The fraction of sp³-hybridized carbons (Fsp3) is 0.526. The Labute approximate surface area is 149 Å². The van der Waals surface area contributed by atoms with E-state index in [1.165, 1.54) is 0 Å². The number of hydrogen-bond acceptors (Lipinski definition) is 4. The van der Waals surface area contributed by atoms with E-state index < -0.39 is 0 Å². The fourth-order valence-electron chi connectivity index (χ4n) is 3.45. The summed E-state index contributed by atoms with van der Waals surface area (Å²) in [6, 6.07) is 8.33. The van der Waals surface area contributed by atoms with Crippen LogP contribution in [-0.2, 0) is 18.3 Å². The van der Waals surface area contributed by atoms with Gasteiger partial charge in [0.1, 0.15) is 5.82 Å². The Balaban J connectivity index is 1.58. The van der Waals surface area contributed by atoms with Crippen molar-refractivity contribution in [1.82, 2.24) is 19.7 Å². The first-order chi connectivity index (χ1) is 12.0. The van der Waals surface area contributed by atoms with E-state index in [4.69, 9.17) is 0 Å². The number of pyridine rings is 1. The number of carbonyl (C=O) groups excluding carboxylic acids is 1. The SMILES string of the molecule is Cc1cccc(N2CCC[C@@H](N(C)C(=O)CCc3ccnn3C)C2)n1. The third-order valence-corrected chi connectivity index (χ3v) is 5.05. The van der Waals surface area contributed by atoms with E-state index in [0.717, 1.165) is 49.6 Å². The van der Waals surface area contributed by atoms with Gasteiger partial charge in [0.25, 0.3) is 0 Å². The average molecular weight is 341 g/mol. The van der Waals surface area contributed by atoms with Gasteiger partial charge in [-0.15, -0.1) is 0 Å². The Hall–Kier alpha value is -2.37. The van der Waals surface area contributed by atoms with Crippen molar-refractivity contribution in [3.63, 3.8) is 0 Å². The molecule has 1 saturated heterocycles. The molecule has 134 valence electrons. The number of carbonyl (C=O) groups is 1. The molecule has 0 saturated carbocycles. The Morgan fingerprint density at radius 1 is 1.36 bits per heavy atom. The lowest BCUT2D eigenvalue weighted by Crippen LogP contribution is -2.49. The largest absolute Gasteiger partial charge is 0.355 e. The van der Waals surface area contributed by atoms with E-state index >= 15 is 0 Å². The fourth-order valence-corrected chi connectivity index (χ4v) is 3.45. The highest BCUT2D eigenvalue weighted by atomic mass is 16.2. The van der Waals surface area contributed by atoms with Gasteiger partial charge in [-0.1, -0.05) is 6.07 Å². The number of piperidine rings is 1. The van der Waals surface area contributed by atoms with Crippen LogP contribution < -0.4 is 4.90 Å². The number of rotatable bonds is 5. The highest BCUT2D eigenvalue weighted by molar-refractivity contribution is 5.76. The van der Waals surface area contributed by atoms with Crippen LogP contribution in [0, 0.1) is 6.92 Å².